The zero-order valence-corrected chi connectivity index (χ0v) is 20.0. The third-order valence-corrected chi connectivity index (χ3v) is 5.63. The number of halogens is 1. The Hall–Kier alpha value is -4.10. The minimum Gasteiger partial charge on any atom is -0.497 e. The number of nitrogens with one attached hydrogen (secondary N) is 2. The average Bonchev–Trinajstić information content (AvgIpc) is 3.31. The molecule has 0 aliphatic carbocycles. The molecule has 0 radical (unpaired) electrons. The highest BCUT2D eigenvalue weighted by Crippen LogP contribution is 2.25. The van der Waals surface area contributed by atoms with Gasteiger partial charge in [-0.2, -0.15) is 5.10 Å². The lowest BCUT2D eigenvalue weighted by atomic mass is 10.1. The van der Waals surface area contributed by atoms with Crippen LogP contribution in [0.1, 0.15) is 11.1 Å². The first-order chi connectivity index (χ1) is 17.0. The first-order valence-electron chi connectivity index (χ1n) is 11.1. The van der Waals surface area contributed by atoms with Gasteiger partial charge in [0.1, 0.15) is 5.75 Å². The second kappa shape index (κ2) is 11.4. The normalized spacial score (nSPS) is 10.6. The van der Waals surface area contributed by atoms with Crippen molar-refractivity contribution >= 4 is 23.4 Å². The lowest BCUT2D eigenvalue weighted by Crippen LogP contribution is -2.37. The first kappa shape index (κ1) is 24.0. The molecule has 0 fully saturated rings. The molecule has 0 spiro atoms. The Morgan fingerprint density at radius 3 is 2.31 bits per heavy atom. The van der Waals surface area contributed by atoms with Crippen LogP contribution in [0.5, 0.6) is 5.75 Å². The van der Waals surface area contributed by atoms with E-state index in [4.69, 9.17) is 21.4 Å². The van der Waals surface area contributed by atoms with Crippen LogP contribution >= 0.6 is 11.6 Å². The van der Waals surface area contributed by atoms with Crippen molar-refractivity contribution in [3.8, 4) is 22.7 Å². The molecule has 35 heavy (non-hydrogen) atoms. The molecule has 4 aromatic rings. The van der Waals surface area contributed by atoms with Crippen LogP contribution in [0.3, 0.4) is 0 Å². The zero-order valence-electron chi connectivity index (χ0n) is 19.2. The number of para-hydroxylation sites is 1. The Balaban J connectivity index is 1.39. The summed E-state index contributed by atoms with van der Waals surface area (Å²) >= 11 is 6.04. The van der Waals surface area contributed by atoms with E-state index in [1.165, 1.54) is 0 Å². The summed E-state index contributed by atoms with van der Waals surface area (Å²) in [6.07, 6.45) is 1.92. The van der Waals surface area contributed by atoms with Gasteiger partial charge in [-0.15, -0.1) is 0 Å². The maximum Gasteiger partial charge on any atom is 0.239 e. The Kier molecular flexibility index (Phi) is 7.80. The van der Waals surface area contributed by atoms with E-state index in [9.17, 15) is 9.59 Å². The second-order valence-electron chi connectivity index (χ2n) is 7.87. The van der Waals surface area contributed by atoms with E-state index < -0.39 is 0 Å². The van der Waals surface area contributed by atoms with Crippen molar-refractivity contribution < 1.29 is 14.3 Å². The molecule has 0 saturated heterocycles. The highest BCUT2D eigenvalue weighted by molar-refractivity contribution is 6.30. The van der Waals surface area contributed by atoms with E-state index in [0.717, 1.165) is 28.1 Å². The van der Waals surface area contributed by atoms with E-state index in [-0.39, 0.29) is 24.8 Å². The van der Waals surface area contributed by atoms with Crippen LogP contribution in [0.4, 0.5) is 0 Å². The molecule has 0 unspecified atom stereocenters. The van der Waals surface area contributed by atoms with Crippen molar-refractivity contribution in [2.24, 2.45) is 0 Å². The largest absolute Gasteiger partial charge is 0.497 e. The van der Waals surface area contributed by atoms with Gasteiger partial charge in [0.2, 0.25) is 11.8 Å². The Morgan fingerprint density at radius 1 is 0.914 bits per heavy atom. The van der Waals surface area contributed by atoms with Crippen LogP contribution < -0.4 is 15.4 Å². The highest BCUT2D eigenvalue weighted by atomic mass is 35.5. The Labute approximate surface area is 208 Å². The fourth-order valence-corrected chi connectivity index (χ4v) is 3.65. The number of methoxy groups -OCH3 is 1. The third kappa shape index (κ3) is 6.49. The van der Waals surface area contributed by atoms with Gasteiger partial charge in [-0.3, -0.25) is 9.59 Å². The smallest absolute Gasteiger partial charge is 0.239 e. The summed E-state index contributed by atoms with van der Waals surface area (Å²) in [7, 11) is 1.60. The molecule has 1 aromatic heterocycles. The molecule has 7 nitrogen and oxygen atoms in total. The number of benzene rings is 3. The molecule has 178 valence electrons. The van der Waals surface area contributed by atoms with Crippen molar-refractivity contribution in [1.29, 1.82) is 0 Å². The number of ether oxygens (including phenoxy) is 1. The van der Waals surface area contributed by atoms with Gasteiger partial charge in [0.05, 0.1) is 31.5 Å². The molecule has 4 rings (SSSR count). The number of rotatable bonds is 9. The van der Waals surface area contributed by atoms with E-state index in [1.807, 2.05) is 72.9 Å². The number of carbonyl (C=O) groups is 2. The summed E-state index contributed by atoms with van der Waals surface area (Å²) < 4.78 is 6.87. The number of hydrogen-bond donors (Lipinski definition) is 2. The summed E-state index contributed by atoms with van der Waals surface area (Å²) in [6, 6.07) is 24.4. The second-order valence-corrected chi connectivity index (χ2v) is 8.30. The van der Waals surface area contributed by atoms with Crippen LogP contribution in [0.2, 0.25) is 5.02 Å². The summed E-state index contributed by atoms with van der Waals surface area (Å²) in [5, 5.41) is 10.8. The molecule has 3 aromatic carbocycles. The monoisotopic (exact) mass is 488 g/mol. The maximum absolute atomic E-state index is 12.7. The number of hydrogen-bond acceptors (Lipinski definition) is 4. The van der Waals surface area contributed by atoms with Gasteiger partial charge in [0.15, 0.2) is 0 Å². The number of aromatic nitrogens is 2. The summed E-state index contributed by atoms with van der Waals surface area (Å²) in [4.78, 5) is 24.9. The molecular formula is C27H25ClN4O3. The molecule has 0 aliphatic heterocycles. The van der Waals surface area contributed by atoms with Crippen LogP contribution in [0.15, 0.2) is 85.1 Å². The SMILES string of the molecule is COc1ccc(CNC(=O)CNC(=O)Cc2cn(-c3ccccc3)nc2-c2ccc(Cl)cc2)cc1. The predicted molar refractivity (Wildman–Crippen MR) is 136 cm³/mol. The van der Waals surface area contributed by atoms with Crippen LogP contribution in [-0.4, -0.2) is 35.2 Å². The van der Waals surface area contributed by atoms with Crippen LogP contribution in [-0.2, 0) is 22.6 Å². The average molecular weight is 489 g/mol. The van der Waals surface area contributed by atoms with E-state index in [1.54, 1.807) is 23.9 Å². The van der Waals surface area contributed by atoms with Gasteiger partial charge in [-0.05, 0) is 42.0 Å². The van der Waals surface area contributed by atoms with Gasteiger partial charge in [0, 0.05) is 28.9 Å². The lowest BCUT2D eigenvalue weighted by Gasteiger charge is -2.08. The minimum absolute atomic E-state index is 0.0799. The highest BCUT2D eigenvalue weighted by Gasteiger charge is 2.16. The molecule has 2 amide bonds. The van der Waals surface area contributed by atoms with E-state index in [0.29, 0.717) is 17.3 Å². The van der Waals surface area contributed by atoms with Crippen molar-refractivity contribution in [3.05, 3.63) is 101 Å². The van der Waals surface area contributed by atoms with Crippen molar-refractivity contribution in [3.63, 3.8) is 0 Å². The Morgan fingerprint density at radius 2 is 1.63 bits per heavy atom. The molecule has 0 aliphatic rings. The molecule has 8 heteroatoms. The molecule has 1 heterocycles. The fourth-order valence-electron chi connectivity index (χ4n) is 3.52. The molecule has 0 bridgehead atoms. The van der Waals surface area contributed by atoms with Gasteiger partial charge in [-0.25, -0.2) is 4.68 Å². The number of amides is 2. The zero-order chi connectivity index (χ0) is 24.6. The third-order valence-electron chi connectivity index (χ3n) is 5.37. The van der Waals surface area contributed by atoms with Gasteiger partial charge >= 0.3 is 0 Å². The molecular weight excluding hydrogens is 464 g/mol. The summed E-state index contributed by atoms with van der Waals surface area (Å²) in [6.45, 7) is 0.251. The standard InChI is InChI=1S/C27H25ClN4O3/c1-35-24-13-7-19(8-14-24)16-29-26(34)17-30-25(33)15-21-18-32(23-5-3-2-4-6-23)31-27(21)20-9-11-22(28)12-10-20/h2-14,18H,15-17H2,1H3,(H,29,34)(H,30,33). The lowest BCUT2D eigenvalue weighted by molar-refractivity contribution is -0.125. The van der Waals surface area contributed by atoms with Crippen molar-refractivity contribution in [2.75, 3.05) is 13.7 Å². The summed E-state index contributed by atoms with van der Waals surface area (Å²) in [5.74, 6) is 0.209. The van der Waals surface area contributed by atoms with Crippen molar-refractivity contribution in [1.82, 2.24) is 20.4 Å². The van der Waals surface area contributed by atoms with Crippen LogP contribution in [0, 0.1) is 0 Å². The topological polar surface area (TPSA) is 85.3 Å². The fraction of sp³-hybridized carbons (Fsp3) is 0.148. The maximum atomic E-state index is 12.7. The van der Waals surface area contributed by atoms with E-state index >= 15 is 0 Å². The number of carbonyl (C=O) groups excluding carboxylic acids is 2. The van der Waals surface area contributed by atoms with Gasteiger partial charge < -0.3 is 15.4 Å². The first-order valence-corrected chi connectivity index (χ1v) is 11.5. The van der Waals surface area contributed by atoms with Gasteiger partial charge in [-0.1, -0.05) is 54.1 Å². The number of nitrogens with zero attached hydrogens (tertiary/aromatic N) is 2. The van der Waals surface area contributed by atoms with E-state index in [2.05, 4.69) is 10.6 Å². The molecule has 2 N–H and O–H groups in total. The summed E-state index contributed by atoms with van der Waals surface area (Å²) in [5.41, 5.74) is 4.10. The predicted octanol–water partition coefficient (Wildman–Crippen LogP) is 4.18. The van der Waals surface area contributed by atoms with Crippen molar-refractivity contribution in [2.45, 2.75) is 13.0 Å². The van der Waals surface area contributed by atoms with Gasteiger partial charge in [0.25, 0.3) is 0 Å². The minimum atomic E-state index is -0.271. The van der Waals surface area contributed by atoms with Crippen LogP contribution in [0.25, 0.3) is 16.9 Å². The molecule has 0 saturated carbocycles. The Bertz CT molecular complexity index is 1290. The molecule has 0 atom stereocenters. The quantitative estimate of drug-likeness (QED) is 0.370.